The number of rotatable bonds is 2. The van der Waals surface area contributed by atoms with Crippen molar-refractivity contribution in [2.24, 2.45) is 0 Å². The zero-order valence-electron chi connectivity index (χ0n) is 5.40. The van der Waals surface area contributed by atoms with E-state index in [1.54, 1.807) is 13.0 Å². The van der Waals surface area contributed by atoms with Crippen LogP contribution in [0.1, 0.15) is 11.5 Å². The van der Waals surface area contributed by atoms with E-state index in [1.165, 1.54) is 0 Å². The van der Waals surface area contributed by atoms with Crippen LogP contribution in [0.25, 0.3) is 0 Å². The molecule has 54 valence electrons. The first-order chi connectivity index (χ1) is 4.68. The van der Waals surface area contributed by atoms with Crippen LogP contribution in [0.15, 0.2) is 10.6 Å². The minimum absolute atomic E-state index is 0.267. The van der Waals surface area contributed by atoms with E-state index in [4.69, 9.17) is 0 Å². The van der Waals surface area contributed by atoms with Gasteiger partial charge in [0.25, 0.3) is 0 Å². The van der Waals surface area contributed by atoms with Gasteiger partial charge in [0, 0.05) is 11.0 Å². The Morgan fingerprint density at radius 2 is 2.60 bits per heavy atom. The lowest BCUT2D eigenvalue weighted by molar-refractivity contribution is -0.497. The summed E-state index contributed by atoms with van der Waals surface area (Å²) in [7, 11) is 0. The molecule has 1 aromatic heterocycles. The minimum atomic E-state index is -0.447. The monoisotopic (exact) mass is 142 g/mol. The van der Waals surface area contributed by atoms with Gasteiger partial charge in [0.15, 0.2) is 5.69 Å². The van der Waals surface area contributed by atoms with E-state index >= 15 is 0 Å². The third-order valence-corrected chi connectivity index (χ3v) is 0.968. The second-order valence-corrected chi connectivity index (χ2v) is 1.92. The molecule has 5 heteroatoms. The summed E-state index contributed by atoms with van der Waals surface area (Å²) in [6, 6.07) is 1.54. The van der Waals surface area contributed by atoms with E-state index in [9.17, 15) is 10.1 Å². The number of aromatic nitrogens is 1. The molecule has 0 aliphatic carbocycles. The first kappa shape index (κ1) is 6.73. The van der Waals surface area contributed by atoms with Gasteiger partial charge >= 0.3 is 0 Å². The van der Waals surface area contributed by atoms with E-state index in [2.05, 4.69) is 9.68 Å². The maximum atomic E-state index is 9.90. The molecule has 0 spiro atoms. The van der Waals surface area contributed by atoms with E-state index < -0.39 is 4.92 Å². The molecular weight excluding hydrogens is 136 g/mol. The summed E-state index contributed by atoms with van der Waals surface area (Å²) in [5.74, 6) is 0.594. The van der Waals surface area contributed by atoms with Crippen molar-refractivity contribution in [2.75, 3.05) is 0 Å². The van der Waals surface area contributed by atoms with Crippen molar-refractivity contribution in [3.8, 4) is 0 Å². The average molecular weight is 142 g/mol. The highest BCUT2D eigenvalue weighted by Crippen LogP contribution is 2.01. The smallest absolute Gasteiger partial charge is 0.248 e. The molecule has 10 heavy (non-hydrogen) atoms. The van der Waals surface area contributed by atoms with Gasteiger partial charge in [0.1, 0.15) is 5.76 Å². The summed E-state index contributed by atoms with van der Waals surface area (Å²) in [5, 5.41) is 13.3. The number of nitro groups is 1. The Hall–Kier alpha value is -1.39. The first-order valence-corrected chi connectivity index (χ1v) is 2.72. The van der Waals surface area contributed by atoms with E-state index in [0.29, 0.717) is 11.5 Å². The summed E-state index contributed by atoms with van der Waals surface area (Å²) in [6.07, 6.45) is 0. The van der Waals surface area contributed by atoms with Gasteiger partial charge in [-0.25, -0.2) is 0 Å². The predicted molar refractivity (Wildman–Crippen MR) is 31.9 cm³/mol. The van der Waals surface area contributed by atoms with Crippen LogP contribution in [0.2, 0.25) is 0 Å². The van der Waals surface area contributed by atoms with Crippen LogP contribution in [0.5, 0.6) is 0 Å². The van der Waals surface area contributed by atoms with Gasteiger partial charge < -0.3 is 4.52 Å². The predicted octanol–water partition coefficient (Wildman–Crippen LogP) is 0.760. The number of hydrogen-bond acceptors (Lipinski definition) is 4. The molecule has 0 unspecified atom stereocenters. The normalized spacial score (nSPS) is 9.70. The molecule has 1 rings (SSSR count). The lowest BCUT2D eigenvalue weighted by Gasteiger charge is -1.82. The molecule has 0 atom stereocenters. The average Bonchev–Trinajstić information content (AvgIpc) is 2.13. The highest BCUT2D eigenvalue weighted by molar-refractivity contribution is 5.01. The zero-order valence-corrected chi connectivity index (χ0v) is 5.40. The molecule has 5 nitrogen and oxygen atoms in total. The van der Waals surface area contributed by atoms with E-state index in [1.807, 2.05) is 0 Å². The van der Waals surface area contributed by atoms with Crippen LogP contribution < -0.4 is 0 Å². The van der Waals surface area contributed by atoms with Gasteiger partial charge in [-0.05, 0) is 6.92 Å². The lowest BCUT2D eigenvalue weighted by atomic mass is 10.4. The first-order valence-electron chi connectivity index (χ1n) is 2.72. The van der Waals surface area contributed by atoms with Gasteiger partial charge in [-0.1, -0.05) is 5.16 Å². The van der Waals surface area contributed by atoms with Crippen molar-refractivity contribution >= 4 is 0 Å². The molecule has 0 aliphatic heterocycles. The van der Waals surface area contributed by atoms with Crippen molar-refractivity contribution in [2.45, 2.75) is 13.5 Å². The van der Waals surface area contributed by atoms with Crippen LogP contribution in [0.3, 0.4) is 0 Å². The summed E-state index contributed by atoms with van der Waals surface area (Å²) >= 11 is 0. The molecule has 0 saturated carbocycles. The van der Waals surface area contributed by atoms with Crippen LogP contribution in [-0.4, -0.2) is 10.1 Å². The Morgan fingerprint density at radius 3 is 3.00 bits per heavy atom. The largest absolute Gasteiger partial charge is 0.361 e. The summed E-state index contributed by atoms with van der Waals surface area (Å²) in [6.45, 7) is 1.42. The Kier molecular flexibility index (Phi) is 1.66. The third kappa shape index (κ3) is 1.54. The van der Waals surface area contributed by atoms with E-state index in [-0.39, 0.29) is 6.54 Å². The zero-order chi connectivity index (χ0) is 7.56. The van der Waals surface area contributed by atoms with Crippen LogP contribution >= 0.6 is 0 Å². The van der Waals surface area contributed by atoms with Crippen molar-refractivity contribution in [1.82, 2.24) is 5.16 Å². The molecule has 0 bridgehead atoms. The fourth-order valence-corrected chi connectivity index (χ4v) is 0.625. The molecule has 0 radical (unpaired) electrons. The summed E-state index contributed by atoms with van der Waals surface area (Å²) < 4.78 is 4.61. The van der Waals surface area contributed by atoms with E-state index in [0.717, 1.165) is 0 Å². The van der Waals surface area contributed by atoms with Crippen LogP contribution in [-0.2, 0) is 6.54 Å². The van der Waals surface area contributed by atoms with Gasteiger partial charge in [-0.15, -0.1) is 0 Å². The van der Waals surface area contributed by atoms with Crippen LogP contribution in [0, 0.1) is 17.0 Å². The van der Waals surface area contributed by atoms with Crippen LogP contribution in [0.4, 0.5) is 0 Å². The van der Waals surface area contributed by atoms with Crippen molar-refractivity contribution in [3.05, 3.63) is 27.6 Å². The van der Waals surface area contributed by atoms with Gasteiger partial charge in [0.05, 0.1) is 0 Å². The summed E-state index contributed by atoms with van der Waals surface area (Å²) in [4.78, 5) is 9.45. The molecule has 0 saturated heterocycles. The van der Waals surface area contributed by atoms with Crippen molar-refractivity contribution < 1.29 is 9.45 Å². The Balaban J connectivity index is 2.67. The Morgan fingerprint density at radius 1 is 1.90 bits per heavy atom. The molecular formula is C5H6N2O3. The second kappa shape index (κ2) is 2.47. The van der Waals surface area contributed by atoms with Gasteiger partial charge in [-0.2, -0.15) is 0 Å². The molecule has 0 N–H and O–H groups in total. The SMILES string of the molecule is Cc1cc(C[N+](=O)[O-])no1. The number of nitrogens with zero attached hydrogens (tertiary/aromatic N) is 2. The maximum absolute atomic E-state index is 9.90. The van der Waals surface area contributed by atoms with Gasteiger partial charge in [0.2, 0.25) is 6.54 Å². The minimum Gasteiger partial charge on any atom is -0.361 e. The van der Waals surface area contributed by atoms with Crippen molar-refractivity contribution in [3.63, 3.8) is 0 Å². The second-order valence-electron chi connectivity index (χ2n) is 1.92. The molecule has 1 aromatic rings. The standard InChI is InChI=1S/C5H6N2O3/c1-4-2-5(6-10-4)3-7(8)9/h2H,3H2,1H3. The fourth-order valence-electron chi connectivity index (χ4n) is 0.625. The topological polar surface area (TPSA) is 69.2 Å². The lowest BCUT2D eigenvalue weighted by Crippen LogP contribution is -1.97. The quantitative estimate of drug-likeness (QED) is 0.451. The Bertz CT molecular complexity index is 243. The van der Waals surface area contributed by atoms with Crippen molar-refractivity contribution in [1.29, 1.82) is 0 Å². The highest BCUT2D eigenvalue weighted by Gasteiger charge is 2.05. The highest BCUT2D eigenvalue weighted by atomic mass is 16.6. The molecule has 1 heterocycles. The van der Waals surface area contributed by atoms with Gasteiger partial charge in [-0.3, -0.25) is 10.1 Å². The molecule has 0 fully saturated rings. The molecule has 0 amide bonds. The number of hydrogen-bond donors (Lipinski definition) is 0. The molecule has 0 aromatic carbocycles. The molecule has 0 aliphatic rings. The maximum Gasteiger partial charge on any atom is 0.248 e. The number of aryl methyl sites for hydroxylation is 1. The third-order valence-electron chi connectivity index (χ3n) is 0.968. The fraction of sp³-hybridized carbons (Fsp3) is 0.400. The Labute approximate surface area is 56.8 Å². The summed E-state index contributed by atoms with van der Waals surface area (Å²) in [5.41, 5.74) is 0.363.